The number of anilines is 2. The zero-order chi connectivity index (χ0) is 17.4. The lowest BCUT2D eigenvalue weighted by molar-refractivity contribution is 0.415. The van der Waals surface area contributed by atoms with E-state index in [0.717, 1.165) is 24.3 Å². The van der Waals surface area contributed by atoms with E-state index in [4.69, 9.17) is 10.5 Å². The Balaban J connectivity index is 0.00000312. The molecular weight excluding hydrogens is 427 g/mol. The Kier molecular flexibility index (Phi) is 9.12. The molecule has 0 heterocycles. The molecule has 0 saturated heterocycles. The van der Waals surface area contributed by atoms with Crippen LogP contribution in [0.5, 0.6) is 5.75 Å². The number of rotatable bonds is 7. The molecule has 2 aromatic carbocycles. The highest BCUT2D eigenvalue weighted by Gasteiger charge is 1.99. The van der Waals surface area contributed by atoms with Crippen molar-refractivity contribution >= 4 is 41.3 Å². The first-order valence-corrected chi connectivity index (χ1v) is 8.06. The fraction of sp³-hybridized carbons (Fsp3) is 0.316. The number of benzene rings is 2. The second-order valence-corrected chi connectivity index (χ2v) is 5.79. The molecule has 0 saturated carbocycles. The summed E-state index contributed by atoms with van der Waals surface area (Å²) < 4.78 is 5.18. The molecule has 0 aliphatic heterocycles. The number of nitrogens with one attached hydrogen (secondary N) is 1. The van der Waals surface area contributed by atoms with Crippen molar-refractivity contribution in [1.82, 2.24) is 0 Å². The van der Waals surface area contributed by atoms with Crippen LogP contribution in [-0.2, 0) is 6.42 Å². The van der Waals surface area contributed by atoms with Gasteiger partial charge in [-0.05, 0) is 42.7 Å². The summed E-state index contributed by atoms with van der Waals surface area (Å²) in [6, 6.07) is 16.2. The van der Waals surface area contributed by atoms with Crippen LogP contribution in [0.15, 0.2) is 53.5 Å². The van der Waals surface area contributed by atoms with Crippen LogP contribution < -0.4 is 20.7 Å². The minimum Gasteiger partial charge on any atom is -0.497 e. The zero-order valence-electron chi connectivity index (χ0n) is 15.0. The first-order chi connectivity index (χ1) is 11.6. The Morgan fingerprint density at radius 3 is 2.52 bits per heavy atom. The van der Waals surface area contributed by atoms with Gasteiger partial charge in [-0.3, -0.25) is 4.99 Å². The largest absolute Gasteiger partial charge is 0.497 e. The quantitative estimate of drug-likeness (QED) is 0.290. The van der Waals surface area contributed by atoms with Gasteiger partial charge in [-0.2, -0.15) is 0 Å². The minimum atomic E-state index is 0. The standard InChI is InChI=1S/C19H26N4O.HI/c1-23(2)17-11-9-15(10-12-17)6-5-13-21-19(20)22-16-7-4-8-18(14-16)24-3;/h4,7-12,14H,5-6,13H2,1-3H3,(H3,20,21,22);1H. The Morgan fingerprint density at radius 2 is 1.88 bits per heavy atom. The Hall–Kier alpha value is -1.96. The average Bonchev–Trinajstić information content (AvgIpc) is 2.59. The SMILES string of the molecule is COc1cccc(NC(N)=NCCCc2ccc(N(C)C)cc2)c1.I. The van der Waals surface area contributed by atoms with Crippen molar-refractivity contribution in [3.63, 3.8) is 0 Å². The van der Waals surface area contributed by atoms with Gasteiger partial charge in [0.2, 0.25) is 0 Å². The van der Waals surface area contributed by atoms with Gasteiger partial charge in [0.05, 0.1) is 7.11 Å². The van der Waals surface area contributed by atoms with Crippen LogP contribution in [-0.4, -0.2) is 33.7 Å². The van der Waals surface area contributed by atoms with Gasteiger partial charge in [0.1, 0.15) is 5.75 Å². The molecule has 25 heavy (non-hydrogen) atoms. The highest BCUT2D eigenvalue weighted by atomic mass is 127. The number of hydrogen-bond acceptors (Lipinski definition) is 3. The highest BCUT2D eigenvalue weighted by Crippen LogP contribution is 2.16. The van der Waals surface area contributed by atoms with Gasteiger partial charge in [0.15, 0.2) is 5.96 Å². The van der Waals surface area contributed by atoms with Crippen molar-refractivity contribution in [2.45, 2.75) is 12.8 Å². The predicted molar refractivity (Wildman–Crippen MR) is 118 cm³/mol. The summed E-state index contributed by atoms with van der Waals surface area (Å²) in [4.78, 5) is 6.47. The van der Waals surface area contributed by atoms with Crippen LogP contribution >= 0.6 is 24.0 Å². The number of methoxy groups -OCH3 is 1. The molecule has 0 unspecified atom stereocenters. The molecule has 0 radical (unpaired) electrons. The fourth-order valence-corrected chi connectivity index (χ4v) is 2.33. The van der Waals surface area contributed by atoms with E-state index < -0.39 is 0 Å². The lowest BCUT2D eigenvalue weighted by Gasteiger charge is -2.12. The monoisotopic (exact) mass is 454 g/mol. The zero-order valence-corrected chi connectivity index (χ0v) is 17.4. The van der Waals surface area contributed by atoms with Crippen LogP contribution in [0.3, 0.4) is 0 Å². The average molecular weight is 454 g/mol. The maximum Gasteiger partial charge on any atom is 0.193 e. The number of halogens is 1. The number of hydrogen-bond donors (Lipinski definition) is 2. The summed E-state index contributed by atoms with van der Waals surface area (Å²) >= 11 is 0. The molecule has 2 rings (SSSR count). The molecule has 0 bridgehead atoms. The van der Waals surface area contributed by atoms with E-state index in [2.05, 4.69) is 39.5 Å². The van der Waals surface area contributed by atoms with Gasteiger partial charge in [-0.25, -0.2) is 0 Å². The van der Waals surface area contributed by atoms with E-state index >= 15 is 0 Å². The van der Waals surface area contributed by atoms with Gasteiger partial charge < -0.3 is 20.7 Å². The Morgan fingerprint density at radius 1 is 1.16 bits per heavy atom. The maximum atomic E-state index is 5.92. The molecule has 0 fully saturated rings. The third-order valence-corrected chi connectivity index (χ3v) is 3.70. The predicted octanol–water partition coefficient (Wildman–Crippen LogP) is 3.74. The lowest BCUT2D eigenvalue weighted by atomic mass is 10.1. The van der Waals surface area contributed by atoms with Gasteiger partial charge in [0.25, 0.3) is 0 Å². The van der Waals surface area contributed by atoms with Gasteiger partial charge in [-0.15, -0.1) is 24.0 Å². The van der Waals surface area contributed by atoms with E-state index in [1.165, 1.54) is 11.3 Å². The lowest BCUT2D eigenvalue weighted by Crippen LogP contribution is -2.22. The van der Waals surface area contributed by atoms with E-state index in [9.17, 15) is 0 Å². The van der Waals surface area contributed by atoms with Crippen molar-refractivity contribution in [2.75, 3.05) is 38.0 Å². The fourth-order valence-electron chi connectivity index (χ4n) is 2.33. The van der Waals surface area contributed by atoms with Crippen molar-refractivity contribution in [2.24, 2.45) is 10.7 Å². The van der Waals surface area contributed by atoms with Gasteiger partial charge >= 0.3 is 0 Å². The van der Waals surface area contributed by atoms with Crippen LogP contribution in [0.4, 0.5) is 11.4 Å². The summed E-state index contributed by atoms with van der Waals surface area (Å²) in [7, 11) is 5.73. The molecule has 0 aliphatic carbocycles. The Labute approximate surface area is 167 Å². The maximum absolute atomic E-state index is 5.92. The molecule has 3 N–H and O–H groups in total. The van der Waals surface area contributed by atoms with Crippen LogP contribution in [0, 0.1) is 0 Å². The number of nitrogens with two attached hydrogens (primary N) is 1. The van der Waals surface area contributed by atoms with Crippen LogP contribution in [0.25, 0.3) is 0 Å². The summed E-state index contributed by atoms with van der Waals surface area (Å²) in [6.45, 7) is 0.693. The molecule has 0 spiro atoms. The smallest absolute Gasteiger partial charge is 0.193 e. The molecule has 0 atom stereocenters. The van der Waals surface area contributed by atoms with Crippen molar-refractivity contribution in [3.8, 4) is 5.75 Å². The summed E-state index contributed by atoms with van der Waals surface area (Å²) in [5.74, 6) is 1.21. The van der Waals surface area contributed by atoms with E-state index in [-0.39, 0.29) is 24.0 Å². The number of aliphatic imine (C=N–C) groups is 1. The summed E-state index contributed by atoms with van der Waals surface area (Å²) in [5.41, 5.74) is 9.32. The van der Waals surface area contributed by atoms with Crippen molar-refractivity contribution < 1.29 is 4.74 Å². The first-order valence-electron chi connectivity index (χ1n) is 8.06. The van der Waals surface area contributed by atoms with Crippen molar-refractivity contribution in [3.05, 3.63) is 54.1 Å². The molecule has 0 aromatic heterocycles. The van der Waals surface area contributed by atoms with E-state index in [0.29, 0.717) is 12.5 Å². The molecular formula is C19H27IN4O. The number of ether oxygens (including phenoxy) is 1. The molecule has 0 amide bonds. The second kappa shape index (κ2) is 10.8. The molecule has 5 nitrogen and oxygen atoms in total. The number of aryl methyl sites for hydroxylation is 1. The molecule has 136 valence electrons. The summed E-state index contributed by atoms with van der Waals surface area (Å²) in [5, 5.41) is 3.08. The van der Waals surface area contributed by atoms with Crippen LogP contribution in [0.2, 0.25) is 0 Å². The minimum absolute atomic E-state index is 0. The highest BCUT2D eigenvalue weighted by molar-refractivity contribution is 14.0. The normalized spacial score (nSPS) is 10.8. The first kappa shape index (κ1) is 21.1. The molecule has 0 aliphatic rings. The van der Waals surface area contributed by atoms with Gasteiger partial charge in [-0.1, -0.05) is 18.2 Å². The third kappa shape index (κ3) is 7.21. The van der Waals surface area contributed by atoms with E-state index in [1.807, 2.05) is 38.4 Å². The summed E-state index contributed by atoms with van der Waals surface area (Å²) in [6.07, 6.45) is 1.95. The van der Waals surface area contributed by atoms with Crippen LogP contribution in [0.1, 0.15) is 12.0 Å². The number of nitrogens with zero attached hydrogens (tertiary/aromatic N) is 2. The van der Waals surface area contributed by atoms with Gasteiger partial charge in [0, 0.05) is 38.1 Å². The Bertz CT molecular complexity index is 671. The second-order valence-electron chi connectivity index (χ2n) is 5.79. The van der Waals surface area contributed by atoms with E-state index in [1.54, 1.807) is 7.11 Å². The third-order valence-electron chi connectivity index (χ3n) is 3.70. The van der Waals surface area contributed by atoms with Crippen molar-refractivity contribution in [1.29, 1.82) is 0 Å². The topological polar surface area (TPSA) is 62.9 Å². The molecule has 6 heteroatoms. The molecule has 2 aromatic rings. The number of guanidine groups is 1.